The molecule has 9 nitrogen and oxygen atoms in total. The number of carbonyl (C=O) groups is 3. The summed E-state index contributed by atoms with van der Waals surface area (Å²) in [4.78, 5) is 37.1. The number of nitrogens with one attached hydrogen (secondary N) is 1. The molecule has 2 amide bonds. The number of amides is 2. The van der Waals surface area contributed by atoms with Crippen LogP contribution in [-0.4, -0.2) is 34.5 Å². The van der Waals surface area contributed by atoms with Crippen molar-refractivity contribution >= 4 is 23.4 Å². The molecular formula is C25H29N5O4. The number of carbonyl (C=O) groups excluding carboxylic acids is 3. The van der Waals surface area contributed by atoms with E-state index in [9.17, 15) is 14.4 Å². The normalized spacial score (nSPS) is 11.2. The van der Waals surface area contributed by atoms with Gasteiger partial charge in [0.05, 0.1) is 12.7 Å². The average molecular weight is 464 g/mol. The first-order chi connectivity index (χ1) is 16.0. The number of Topliss-reactive ketones (excluding diaryl/α,β-unsaturated/α-hetero) is 1. The molecule has 0 spiro atoms. The third-order valence-electron chi connectivity index (χ3n) is 5.40. The zero-order chi connectivity index (χ0) is 25.0. The molecule has 0 aliphatic carbocycles. The van der Waals surface area contributed by atoms with Crippen molar-refractivity contribution in [3.05, 3.63) is 65.2 Å². The number of nitrogen functional groups attached to an aromatic ring is 1. The smallest absolute Gasteiger partial charge is 0.255 e. The lowest BCUT2D eigenvalue weighted by Crippen LogP contribution is -2.26. The summed E-state index contributed by atoms with van der Waals surface area (Å²) < 4.78 is 6.54. The quantitative estimate of drug-likeness (QED) is 0.469. The van der Waals surface area contributed by atoms with E-state index >= 15 is 0 Å². The molecule has 178 valence electrons. The Hall–Kier alpha value is -4.14. The molecule has 34 heavy (non-hydrogen) atoms. The molecule has 0 saturated carbocycles. The van der Waals surface area contributed by atoms with Gasteiger partial charge in [-0.25, -0.2) is 4.68 Å². The van der Waals surface area contributed by atoms with Crippen molar-refractivity contribution in [2.45, 2.75) is 33.9 Å². The molecule has 1 aromatic heterocycles. The highest BCUT2D eigenvalue weighted by Gasteiger charge is 2.26. The minimum atomic E-state index is -0.727. The monoisotopic (exact) mass is 463 g/mol. The second-order valence-corrected chi connectivity index (χ2v) is 8.88. The molecule has 3 rings (SSSR count). The summed E-state index contributed by atoms with van der Waals surface area (Å²) in [5.74, 6) is -0.520. The number of primary amides is 1. The number of nitrogens with two attached hydrogens (primary N) is 2. The minimum Gasteiger partial charge on any atom is -0.496 e. The van der Waals surface area contributed by atoms with Crippen LogP contribution < -0.4 is 21.5 Å². The Balaban J connectivity index is 1.80. The van der Waals surface area contributed by atoms with E-state index in [1.165, 1.54) is 11.8 Å². The first kappa shape index (κ1) is 24.5. The highest BCUT2D eigenvalue weighted by molar-refractivity contribution is 6.03. The van der Waals surface area contributed by atoms with Crippen LogP contribution >= 0.6 is 0 Å². The minimum absolute atomic E-state index is 0.0493. The van der Waals surface area contributed by atoms with E-state index in [-0.39, 0.29) is 36.2 Å². The van der Waals surface area contributed by atoms with E-state index in [2.05, 4.69) is 10.4 Å². The van der Waals surface area contributed by atoms with Crippen molar-refractivity contribution in [3.63, 3.8) is 0 Å². The fourth-order valence-corrected chi connectivity index (χ4v) is 3.30. The van der Waals surface area contributed by atoms with Gasteiger partial charge in [-0.1, -0.05) is 57.2 Å². The highest BCUT2D eigenvalue weighted by Crippen LogP contribution is 2.28. The summed E-state index contributed by atoms with van der Waals surface area (Å²) in [5, 5.41) is 7.26. The second kappa shape index (κ2) is 9.78. The predicted molar refractivity (Wildman–Crippen MR) is 129 cm³/mol. The lowest BCUT2D eigenvalue weighted by Gasteiger charge is -2.16. The van der Waals surface area contributed by atoms with E-state index in [4.69, 9.17) is 16.2 Å². The van der Waals surface area contributed by atoms with Crippen LogP contribution in [0.2, 0.25) is 0 Å². The number of ketones is 1. The van der Waals surface area contributed by atoms with Crippen LogP contribution in [0.5, 0.6) is 5.75 Å². The van der Waals surface area contributed by atoms with E-state index in [0.29, 0.717) is 22.6 Å². The maximum absolute atomic E-state index is 12.5. The number of nitrogens with zero attached hydrogens (tertiary/aromatic N) is 2. The van der Waals surface area contributed by atoms with Gasteiger partial charge in [-0.2, -0.15) is 5.10 Å². The summed E-state index contributed by atoms with van der Waals surface area (Å²) in [5.41, 5.74) is 13.4. The molecule has 0 bridgehead atoms. The second-order valence-electron chi connectivity index (χ2n) is 8.88. The molecule has 0 unspecified atom stereocenters. The van der Waals surface area contributed by atoms with Crippen molar-refractivity contribution in [2.24, 2.45) is 11.1 Å². The number of para-hydroxylation sites is 1. The third-order valence-corrected chi connectivity index (χ3v) is 5.40. The number of hydrogen-bond donors (Lipinski definition) is 3. The summed E-state index contributed by atoms with van der Waals surface area (Å²) in [6, 6.07) is 14.1. The van der Waals surface area contributed by atoms with Gasteiger partial charge in [-0.3, -0.25) is 14.4 Å². The predicted octanol–water partition coefficient (Wildman–Crippen LogP) is 2.79. The number of anilines is 1. The lowest BCUT2D eigenvalue weighted by molar-refractivity contribution is -0.127. The van der Waals surface area contributed by atoms with E-state index in [1.807, 2.05) is 0 Å². The summed E-state index contributed by atoms with van der Waals surface area (Å²) in [6.45, 7) is 5.63. The van der Waals surface area contributed by atoms with Gasteiger partial charge >= 0.3 is 0 Å². The van der Waals surface area contributed by atoms with Crippen LogP contribution in [0.1, 0.15) is 47.1 Å². The number of ether oxygens (including phenoxy) is 1. The fourth-order valence-electron chi connectivity index (χ4n) is 3.30. The fraction of sp³-hybridized carbons (Fsp3) is 0.280. The van der Waals surface area contributed by atoms with Crippen LogP contribution in [0.15, 0.2) is 48.5 Å². The third kappa shape index (κ3) is 5.25. The molecule has 0 aliphatic rings. The number of aromatic nitrogens is 2. The SMILES string of the molecule is COc1ccccc1C(=O)NCc1ccc(-c2nn(CC(=O)C(C)(C)C)c(N)c2C(N)=O)cc1. The van der Waals surface area contributed by atoms with Crippen LogP contribution in [0.25, 0.3) is 11.3 Å². The number of methoxy groups -OCH3 is 1. The average Bonchev–Trinajstić information content (AvgIpc) is 3.13. The molecule has 1 heterocycles. The number of hydrogen-bond acceptors (Lipinski definition) is 6. The Morgan fingerprint density at radius 1 is 1.06 bits per heavy atom. The van der Waals surface area contributed by atoms with Gasteiger partial charge in [0, 0.05) is 17.5 Å². The van der Waals surface area contributed by atoms with Gasteiger partial charge < -0.3 is 21.5 Å². The summed E-state index contributed by atoms with van der Waals surface area (Å²) >= 11 is 0. The van der Waals surface area contributed by atoms with Crippen LogP contribution in [0.4, 0.5) is 5.82 Å². The Labute approximate surface area is 198 Å². The van der Waals surface area contributed by atoms with Gasteiger partial charge in [0.25, 0.3) is 11.8 Å². The van der Waals surface area contributed by atoms with Crippen molar-refractivity contribution in [3.8, 4) is 17.0 Å². The van der Waals surface area contributed by atoms with Crippen molar-refractivity contribution in [1.82, 2.24) is 15.1 Å². The summed E-state index contributed by atoms with van der Waals surface area (Å²) in [7, 11) is 1.51. The molecule has 2 aromatic carbocycles. The van der Waals surface area contributed by atoms with Crippen LogP contribution in [0, 0.1) is 5.41 Å². The van der Waals surface area contributed by atoms with Crippen molar-refractivity contribution in [1.29, 1.82) is 0 Å². The Bertz CT molecular complexity index is 1220. The van der Waals surface area contributed by atoms with Gasteiger partial charge in [0.1, 0.15) is 29.4 Å². The number of benzene rings is 2. The Morgan fingerprint density at radius 2 is 1.71 bits per heavy atom. The molecule has 0 aliphatic heterocycles. The first-order valence-electron chi connectivity index (χ1n) is 10.7. The van der Waals surface area contributed by atoms with E-state index in [1.54, 1.807) is 69.3 Å². The molecule has 5 N–H and O–H groups in total. The molecule has 0 saturated heterocycles. The van der Waals surface area contributed by atoms with Crippen molar-refractivity contribution < 1.29 is 19.1 Å². The van der Waals surface area contributed by atoms with Gasteiger partial charge in [-0.15, -0.1) is 0 Å². The maximum Gasteiger partial charge on any atom is 0.255 e. The lowest BCUT2D eigenvalue weighted by atomic mass is 9.91. The van der Waals surface area contributed by atoms with E-state index < -0.39 is 11.3 Å². The molecule has 9 heteroatoms. The molecule has 0 radical (unpaired) electrons. The Kier molecular flexibility index (Phi) is 7.05. The maximum atomic E-state index is 12.5. The van der Waals surface area contributed by atoms with Gasteiger partial charge in [0.15, 0.2) is 5.78 Å². The zero-order valence-electron chi connectivity index (χ0n) is 19.7. The van der Waals surface area contributed by atoms with Gasteiger partial charge in [0.2, 0.25) is 0 Å². The topological polar surface area (TPSA) is 142 Å². The van der Waals surface area contributed by atoms with Crippen LogP contribution in [0.3, 0.4) is 0 Å². The molecule has 3 aromatic rings. The summed E-state index contributed by atoms with van der Waals surface area (Å²) in [6.07, 6.45) is 0. The number of rotatable bonds is 8. The Morgan fingerprint density at radius 3 is 2.29 bits per heavy atom. The highest BCUT2D eigenvalue weighted by atomic mass is 16.5. The molecule has 0 fully saturated rings. The molecule has 0 atom stereocenters. The van der Waals surface area contributed by atoms with Crippen molar-refractivity contribution in [2.75, 3.05) is 12.8 Å². The van der Waals surface area contributed by atoms with E-state index in [0.717, 1.165) is 5.56 Å². The molecular weight excluding hydrogens is 434 g/mol. The standard InChI is InChI=1S/C25H29N5O4/c1-25(2,3)19(31)14-30-22(26)20(23(27)32)21(29-30)16-11-9-15(10-12-16)13-28-24(33)17-7-5-6-8-18(17)34-4/h5-12H,13-14,26H2,1-4H3,(H2,27,32)(H,28,33). The largest absolute Gasteiger partial charge is 0.496 e. The first-order valence-corrected chi connectivity index (χ1v) is 10.7. The van der Waals surface area contributed by atoms with Gasteiger partial charge in [-0.05, 0) is 17.7 Å². The zero-order valence-corrected chi connectivity index (χ0v) is 19.7. The van der Waals surface area contributed by atoms with Crippen LogP contribution in [-0.2, 0) is 17.9 Å².